The zero-order valence-corrected chi connectivity index (χ0v) is 12.6. The highest BCUT2D eigenvalue weighted by Gasteiger charge is 2.36. The summed E-state index contributed by atoms with van der Waals surface area (Å²) in [5.74, 6) is 0.374. The van der Waals surface area contributed by atoms with Gasteiger partial charge < -0.3 is 15.5 Å². The monoisotopic (exact) mass is 269 g/mol. The summed E-state index contributed by atoms with van der Waals surface area (Å²) >= 11 is 0. The number of carbonyl (C=O) groups excluding carboxylic acids is 2. The van der Waals surface area contributed by atoms with E-state index in [1.807, 2.05) is 18.7 Å². The average Bonchev–Trinajstić information content (AvgIpc) is 2.82. The fourth-order valence-electron chi connectivity index (χ4n) is 2.58. The van der Waals surface area contributed by atoms with Crippen molar-refractivity contribution in [2.75, 3.05) is 19.6 Å². The second-order valence-corrected chi connectivity index (χ2v) is 5.93. The van der Waals surface area contributed by atoms with Crippen LogP contribution in [0.1, 0.15) is 40.5 Å². The summed E-state index contributed by atoms with van der Waals surface area (Å²) in [6.07, 6.45) is 1.64. The van der Waals surface area contributed by atoms with Gasteiger partial charge in [-0.2, -0.15) is 0 Å². The molecule has 0 saturated carbocycles. The second-order valence-electron chi connectivity index (χ2n) is 5.93. The molecule has 5 nitrogen and oxygen atoms in total. The van der Waals surface area contributed by atoms with Crippen LogP contribution < -0.4 is 5.73 Å². The topological polar surface area (TPSA) is 66.6 Å². The Hall–Kier alpha value is -1.10. The molecule has 1 aliphatic rings. The van der Waals surface area contributed by atoms with E-state index in [1.165, 1.54) is 0 Å². The standard InChI is InChI=1S/C14H27N3O2/c1-10(2)9-17(11(3)4)14(19)12-6-5-7-16(12)13(18)8-15/h10-12H,5-9,15H2,1-4H3. The lowest BCUT2D eigenvalue weighted by molar-refractivity contribution is -0.144. The van der Waals surface area contributed by atoms with Crippen molar-refractivity contribution >= 4 is 11.8 Å². The molecule has 2 N–H and O–H groups in total. The number of likely N-dealkylation sites (tertiary alicyclic amines) is 1. The van der Waals surface area contributed by atoms with Crippen molar-refractivity contribution in [1.29, 1.82) is 0 Å². The molecule has 1 unspecified atom stereocenters. The zero-order valence-electron chi connectivity index (χ0n) is 12.6. The van der Waals surface area contributed by atoms with E-state index in [2.05, 4.69) is 13.8 Å². The molecule has 1 atom stereocenters. The normalized spacial score (nSPS) is 19.3. The van der Waals surface area contributed by atoms with Crippen LogP contribution >= 0.6 is 0 Å². The number of hydrogen-bond acceptors (Lipinski definition) is 3. The van der Waals surface area contributed by atoms with Crippen molar-refractivity contribution in [1.82, 2.24) is 9.80 Å². The van der Waals surface area contributed by atoms with Crippen molar-refractivity contribution in [3.8, 4) is 0 Å². The molecule has 1 saturated heterocycles. The SMILES string of the molecule is CC(C)CN(C(=O)C1CCCN1C(=O)CN)C(C)C. The minimum atomic E-state index is -0.308. The molecule has 0 aromatic heterocycles. The fraction of sp³-hybridized carbons (Fsp3) is 0.857. The van der Waals surface area contributed by atoms with Gasteiger partial charge in [0.15, 0.2) is 0 Å². The van der Waals surface area contributed by atoms with Crippen LogP contribution in [0.4, 0.5) is 0 Å². The third-order valence-electron chi connectivity index (χ3n) is 3.50. The van der Waals surface area contributed by atoms with Gasteiger partial charge >= 0.3 is 0 Å². The van der Waals surface area contributed by atoms with Gasteiger partial charge in [-0.05, 0) is 32.6 Å². The summed E-state index contributed by atoms with van der Waals surface area (Å²) in [7, 11) is 0. The maximum Gasteiger partial charge on any atom is 0.245 e. The number of rotatable bonds is 5. The van der Waals surface area contributed by atoms with Gasteiger partial charge in [-0.15, -0.1) is 0 Å². The summed E-state index contributed by atoms with van der Waals surface area (Å²) < 4.78 is 0. The van der Waals surface area contributed by atoms with Gasteiger partial charge in [0.1, 0.15) is 6.04 Å². The van der Waals surface area contributed by atoms with Gasteiger partial charge in [0, 0.05) is 19.1 Å². The molecule has 5 heteroatoms. The van der Waals surface area contributed by atoms with Crippen LogP contribution in [0.2, 0.25) is 0 Å². The summed E-state index contributed by atoms with van der Waals surface area (Å²) in [6.45, 7) is 9.60. The van der Waals surface area contributed by atoms with Crippen molar-refractivity contribution in [2.45, 2.75) is 52.6 Å². The lowest BCUT2D eigenvalue weighted by Crippen LogP contribution is -2.51. The van der Waals surface area contributed by atoms with Crippen LogP contribution in [0.3, 0.4) is 0 Å². The molecule has 0 radical (unpaired) electrons. The lowest BCUT2D eigenvalue weighted by atomic mass is 10.1. The number of nitrogens with zero attached hydrogens (tertiary/aromatic N) is 2. The first-order chi connectivity index (χ1) is 8.88. The molecule has 1 rings (SSSR count). The molecule has 0 aliphatic carbocycles. The average molecular weight is 269 g/mol. The number of amides is 2. The lowest BCUT2D eigenvalue weighted by Gasteiger charge is -2.34. The first-order valence-corrected chi connectivity index (χ1v) is 7.18. The Bertz CT molecular complexity index is 329. The second kappa shape index (κ2) is 6.89. The Morgan fingerprint density at radius 3 is 2.42 bits per heavy atom. The molecular formula is C14H27N3O2. The Morgan fingerprint density at radius 1 is 1.32 bits per heavy atom. The maximum atomic E-state index is 12.6. The Balaban J connectivity index is 2.80. The number of nitrogens with two attached hydrogens (primary N) is 1. The van der Waals surface area contributed by atoms with Gasteiger partial charge in [0.2, 0.25) is 11.8 Å². The Morgan fingerprint density at radius 2 is 1.95 bits per heavy atom. The molecule has 110 valence electrons. The Labute approximate surface area is 116 Å². The smallest absolute Gasteiger partial charge is 0.245 e. The van der Waals surface area contributed by atoms with Crippen molar-refractivity contribution in [3.63, 3.8) is 0 Å². The third-order valence-corrected chi connectivity index (χ3v) is 3.50. The molecule has 0 spiro atoms. The largest absolute Gasteiger partial charge is 0.338 e. The van der Waals surface area contributed by atoms with Crippen molar-refractivity contribution in [3.05, 3.63) is 0 Å². The number of hydrogen-bond donors (Lipinski definition) is 1. The fourth-order valence-corrected chi connectivity index (χ4v) is 2.58. The highest BCUT2D eigenvalue weighted by molar-refractivity contribution is 5.89. The van der Waals surface area contributed by atoms with Crippen LogP contribution in [0, 0.1) is 5.92 Å². The van der Waals surface area contributed by atoms with Gasteiger partial charge in [-0.25, -0.2) is 0 Å². The first-order valence-electron chi connectivity index (χ1n) is 7.18. The van der Waals surface area contributed by atoms with E-state index in [-0.39, 0.29) is 30.4 Å². The summed E-state index contributed by atoms with van der Waals surface area (Å²) in [5.41, 5.74) is 5.41. The van der Waals surface area contributed by atoms with Gasteiger partial charge in [-0.3, -0.25) is 9.59 Å². The Kier molecular flexibility index (Phi) is 5.79. The zero-order chi connectivity index (χ0) is 14.6. The highest BCUT2D eigenvalue weighted by atomic mass is 16.2. The minimum absolute atomic E-state index is 0.0182. The van der Waals surface area contributed by atoms with E-state index in [4.69, 9.17) is 5.73 Å². The molecule has 0 aromatic carbocycles. The molecule has 2 amide bonds. The molecule has 1 heterocycles. The predicted molar refractivity (Wildman–Crippen MR) is 75.5 cm³/mol. The predicted octanol–water partition coefficient (Wildman–Crippen LogP) is 0.829. The van der Waals surface area contributed by atoms with E-state index in [0.29, 0.717) is 12.5 Å². The van der Waals surface area contributed by atoms with Crippen LogP contribution in [0.15, 0.2) is 0 Å². The molecule has 1 aliphatic heterocycles. The molecule has 1 fully saturated rings. The minimum Gasteiger partial charge on any atom is -0.338 e. The first kappa shape index (κ1) is 16.0. The molecule has 19 heavy (non-hydrogen) atoms. The molecule has 0 bridgehead atoms. The van der Waals surface area contributed by atoms with E-state index >= 15 is 0 Å². The van der Waals surface area contributed by atoms with Crippen LogP contribution in [0.5, 0.6) is 0 Å². The maximum absolute atomic E-state index is 12.6. The van der Waals surface area contributed by atoms with Crippen LogP contribution in [-0.2, 0) is 9.59 Å². The number of carbonyl (C=O) groups is 2. The van der Waals surface area contributed by atoms with E-state index in [0.717, 1.165) is 19.4 Å². The molecule has 0 aromatic rings. The highest BCUT2D eigenvalue weighted by Crippen LogP contribution is 2.21. The van der Waals surface area contributed by atoms with Gasteiger partial charge in [-0.1, -0.05) is 13.8 Å². The van der Waals surface area contributed by atoms with Gasteiger partial charge in [0.25, 0.3) is 0 Å². The van der Waals surface area contributed by atoms with E-state index < -0.39 is 0 Å². The summed E-state index contributed by atoms with van der Waals surface area (Å²) in [4.78, 5) is 28.0. The van der Waals surface area contributed by atoms with E-state index in [9.17, 15) is 9.59 Å². The summed E-state index contributed by atoms with van der Waals surface area (Å²) in [6, 6.07) is -0.150. The van der Waals surface area contributed by atoms with Gasteiger partial charge in [0.05, 0.1) is 6.54 Å². The summed E-state index contributed by atoms with van der Waals surface area (Å²) in [5, 5.41) is 0. The van der Waals surface area contributed by atoms with Crippen molar-refractivity contribution in [2.24, 2.45) is 11.7 Å². The van der Waals surface area contributed by atoms with Crippen LogP contribution in [-0.4, -0.2) is 53.3 Å². The van der Waals surface area contributed by atoms with Crippen LogP contribution in [0.25, 0.3) is 0 Å². The quantitative estimate of drug-likeness (QED) is 0.804. The molecular weight excluding hydrogens is 242 g/mol. The van der Waals surface area contributed by atoms with E-state index in [1.54, 1.807) is 4.90 Å². The van der Waals surface area contributed by atoms with Crippen molar-refractivity contribution < 1.29 is 9.59 Å². The third kappa shape index (κ3) is 3.93.